The minimum atomic E-state index is -0.519. The SMILES string of the molecule is CC(C)(C)OC(=O)N1[C@@H]2CC[C@H]1CC(C#N)(Cc1ccc(F)cc1)C2. The number of ether oxygens (including phenoxy) is 1. The van der Waals surface area contributed by atoms with Crippen molar-refractivity contribution in [3.8, 4) is 6.07 Å². The average molecular weight is 344 g/mol. The van der Waals surface area contributed by atoms with Gasteiger partial charge in [-0.05, 0) is 70.6 Å². The van der Waals surface area contributed by atoms with Crippen LogP contribution in [0.25, 0.3) is 0 Å². The molecule has 3 rings (SSSR count). The van der Waals surface area contributed by atoms with Crippen LogP contribution in [0.4, 0.5) is 9.18 Å². The molecule has 25 heavy (non-hydrogen) atoms. The summed E-state index contributed by atoms with van der Waals surface area (Å²) in [6.07, 6.45) is 3.45. The van der Waals surface area contributed by atoms with Crippen LogP contribution >= 0.6 is 0 Å². The van der Waals surface area contributed by atoms with E-state index in [1.165, 1.54) is 12.1 Å². The topological polar surface area (TPSA) is 53.3 Å². The fraction of sp³-hybridized carbons (Fsp3) is 0.600. The van der Waals surface area contributed by atoms with Crippen molar-refractivity contribution in [2.75, 3.05) is 0 Å². The summed E-state index contributed by atoms with van der Waals surface area (Å²) in [5.74, 6) is -0.269. The van der Waals surface area contributed by atoms with Gasteiger partial charge in [0.15, 0.2) is 0 Å². The summed E-state index contributed by atoms with van der Waals surface area (Å²) in [5, 5.41) is 9.87. The van der Waals surface area contributed by atoms with Crippen molar-refractivity contribution in [1.82, 2.24) is 4.90 Å². The van der Waals surface area contributed by atoms with E-state index in [4.69, 9.17) is 4.74 Å². The molecule has 2 fully saturated rings. The molecule has 0 N–H and O–H groups in total. The highest BCUT2D eigenvalue weighted by Gasteiger charge is 2.51. The number of hydrogen-bond donors (Lipinski definition) is 0. The van der Waals surface area contributed by atoms with Crippen LogP contribution in [0.2, 0.25) is 0 Å². The number of amides is 1. The Hall–Kier alpha value is -2.09. The van der Waals surface area contributed by atoms with Crippen molar-refractivity contribution in [3.05, 3.63) is 35.6 Å². The second-order valence-electron chi connectivity index (χ2n) is 8.38. The van der Waals surface area contributed by atoms with Gasteiger partial charge in [-0.1, -0.05) is 12.1 Å². The molecule has 2 aliphatic heterocycles. The molecule has 0 aromatic heterocycles. The maximum absolute atomic E-state index is 13.1. The molecule has 1 unspecified atom stereocenters. The highest BCUT2D eigenvalue weighted by Crippen LogP contribution is 2.47. The number of carbonyl (C=O) groups is 1. The van der Waals surface area contributed by atoms with Crippen LogP contribution in [0, 0.1) is 22.6 Å². The molecule has 3 atom stereocenters. The molecule has 134 valence electrons. The van der Waals surface area contributed by atoms with Crippen molar-refractivity contribution < 1.29 is 13.9 Å². The van der Waals surface area contributed by atoms with Crippen LogP contribution in [0.5, 0.6) is 0 Å². The van der Waals surface area contributed by atoms with Gasteiger partial charge >= 0.3 is 6.09 Å². The molecule has 4 nitrogen and oxygen atoms in total. The van der Waals surface area contributed by atoms with E-state index >= 15 is 0 Å². The van der Waals surface area contributed by atoms with Crippen molar-refractivity contribution in [2.45, 2.75) is 70.6 Å². The molecule has 2 bridgehead atoms. The van der Waals surface area contributed by atoms with Gasteiger partial charge in [-0.2, -0.15) is 5.26 Å². The van der Waals surface area contributed by atoms with Gasteiger partial charge in [0.25, 0.3) is 0 Å². The van der Waals surface area contributed by atoms with E-state index in [0.29, 0.717) is 19.3 Å². The van der Waals surface area contributed by atoms with Crippen molar-refractivity contribution >= 4 is 6.09 Å². The monoisotopic (exact) mass is 344 g/mol. The van der Waals surface area contributed by atoms with Gasteiger partial charge in [-0.3, -0.25) is 0 Å². The lowest BCUT2D eigenvalue weighted by molar-refractivity contribution is -0.00413. The predicted octanol–water partition coefficient (Wildman–Crippen LogP) is 4.44. The normalized spacial score (nSPS) is 28.5. The summed E-state index contributed by atoms with van der Waals surface area (Å²) in [6, 6.07) is 8.98. The Bertz CT molecular complexity index is 673. The Labute approximate surface area is 148 Å². The number of carbonyl (C=O) groups excluding carboxylic acids is 1. The van der Waals surface area contributed by atoms with Crippen LogP contribution < -0.4 is 0 Å². The Morgan fingerprint density at radius 2 is 1.84 bits per heavy atom. The third-order valence-electron chi connectivity index (χ3n) is 5.17. The Morgan fingerprint density at radius 3 is 2.32 bits per heavy atom. The number of nitrogens with zero attached hydrogens (tertiary/aromatic N) is 2. The highest BCUT2D eigenvalue weighted by molar-refractivity contribution is 5.69. The molecule has 2 heterocycles. The van der Waals surface area contributed by atoms with Gasteiger partial charge < -0.3 is 9.64 Å². The summed E-state index contributed by atoms with van der Waals surface area (Å²) in [6.45, 7) is 5.60. The largest absolute Gasteiger partial charge is 0.444 e. The Morgan fingerprint density at radius 1 is 1.28 bits per heavy atom. The van der Waals surface area contributed by atoms with E-state index in [-0.39, 0.29) is 24.0 Å². The predicted molar refractivity (Wildman–Crippen MR) is 92.3 cm³/mol. The lowest BCUT2D eigenvalue weighted by Crippen LogP contribution is -2.52. The summed E-state index contributed by atoms with van der Waals surface area (Å²) >= 11 is 0. The fourth-order valence-electron chi connectivity index (χ4n) is 4.23. The minimum Gasteiger partial charge on any atom is -0.444 e. The van der Waals surface area contributed by atoms with Gasteiger partial charge in [0, 0.05) is 12.1 Å². The van der Waals surface area contributed by atoms with Gasteiger partial charge in [0.05, 0.1) is 11.5 Å². The zero-order valence-corrected chi connectivity index (χ0v) is 15.1. The number of hydrogen-bond acceptors (Lipinski definition) is 3. The van der Waals surface area contributed by atoms with Crippen LogP contribution in [0.1, 0.15) is 52.0 Å². The molecule has 5 heteroatoms. The first-order chi connectivity index (χ1) is 11.7. The maximum Gasteiger partial charge on any atom is 0.410 e. The van der Waals surface area contributed by atoms with Gasteiger partial charge in [-0.25, -0.2) is 9.18 Å². The third kappa shape index (κ3) is 3.78. The molecule has 1 aromatic rings. The number of fused-ring (bicyclic) bond motifs is 2. The molecule has 0 spiro atoms. The van der Waals surface area contributed by atoms with Crippen molar-refractivity contribution in [2.24, 2.45) is 5.41 Å². The van der Waals surface area contributed by atoms with E-state index in [9.17, 15) is 14.4 Å². The summed E-state index contributed by atoms with van der Waals surface area (Å²) in [7, 11) is 0. The molecule has 2 aliphatic rings. The zero-order chi connectivity index (χ0) is 18.2. The number of halogens is 1. The first-order valence-electron chi connectivity index (χ1n) is 8.88. The smallest absolute Gasteiger partial charge is 0.410 e. The number of nitriles is 1. The number of benzene rings is 1. The second-order valence-corrected chi connectivity index (χ2v) is 8.38. The van der Waals surface area contributed by atoms with Crippen molar-refractivity contribution in [3.63, 3.8) is 0 Å². The molecular formula is C20H25FN2O2. The molecule has 0 aliphatic carbocycles. The second kappa shape index (κ2) is 6.33. The molecule has 0 saturated carbocycles. The Kier molecular flexibility index (Phi) is 4.49. The third-order valence-corrected chi connectivity index (χ3v) is 5.17. The van der Waals surface area contributed by atoms with E-state index in [1.807, 2.05) is 25.7 Å². The summed E-state index contributed by atoms with van der Waals surface area (Å²) in [5.41, 5.74) is -0.0515. The minimum absolute atomic E-state index is 0.0497. The fourth-order valence-corrected chi connectivity index (χ4v) is 4.23. The lowest BCUT2D eigenvalue weighted by Gasteiger charge is -2.43. The molecule has 0 radical (unpaired) electrons. The van der Waals surface area contributed by atoms with Gasteiger partial charge in [0.1, 0.15) is 11.4 Å². The molecule has 1 aromatic carbocycles. The van der Waals surface area contributed by atoms with Gasteiger partial charge in [-0.15, -0.1) is 0 Å². The quantitative estimate of drug-likeness (QED) is 0.797. The van der Waals surface area contributed by atoms with Crippen molar-refractivity contribution in [1.29, 1.82) is 5.26 Å². The highest BCUT2D eigenvalue weighted by atomic mass is 19.1. The first kappa shape index (κ1) is 17.7. The lowest BCUT2D eigenvalue weighted by atomic mass is 9.72. The van der Waals surface area contributed by atoms with E-state index < -0.39 is 11.0 Å². The maximum atomic E-state index is 13.1. The van der Waals surface area contributed by atoms with Gasteiger partial charge in [0.2, 0.25) is 0 Å². The van der Waals surface area contributed by atoms with Crippen LogP contribution in [0.3, 0.4) is 0 Å². The zero-order valence-electron chi connectivity index (χ0n) is 15.1. The average Bonchev–Trinajstić information content (AvgIpc) is 2.81. The van der Waals surface area contributed by atoms with Crippen LogP contribution in [0.15, 0.2) is 24.3 Å². The van der Waals surface area contributed by atoms with E-state index in [2.05, 4.69) is 6.07 Å². The van der Waals surface area contributed by atoms with E-state index in [0.717, 1.165) is 18.4 Å². The van der Waals surface area contributed by atoms with Crippen LogP contribution in [-0.4, -0.2) is 28.7 Å². The first-order valence-corrected chi connectivity index (χ1v) is 8.88. The summed E-state index contributed by atoms with van der Waals surface area (Å²) < 4.78 is 18.7. The number of rotatable bonds is 2. The standard InChI is InChI=1S/C20H25FN2O2/c1-19(2,3)25-18(24)23-16-8-9-17(23)12-20(11-16,13-22)10-14-4-6-15(21)7-5-14/h4-7,16-17H,8-12H2,1-3H3/t16-,17+,20?. The Balaban J connectivity index is 1.76. The number of piperidine rings is 1. The van der Waals surface area contributed by atoms with Crippen LogP contribution in [-0.2, 0) is 11.2 Å². The van der Waals surface area contributed by atoms with E-state index in [1.54, 1.807) is 12.1 Å². The summed E-state index contributed by atoms with van der Waals surface area (Å²) in [4.78, 5) is 14.4. The molecule has 2 saturated heterocycles. The molecule has 1 amide bonds. The molecular weight excluding hydrogens is 319 g/mol.